The van der Waals surface area contributed by atoms with E-state index in [0.717, 1.165) is 37.4 Å². The molecule has 1 aromatic carbocycles. The van der Waals surface area contributed by atoms with Crippen molar-refractivity contribution in [2.75, 3.05) is 20.0 Å². The van der Waals surface area contributed by atoms with Gasteiger partial charge in [0.25, 0.3) is 0 Å². The first-order valence-electron chi connectivity index (χ1n) is 6.18. The largest absolute Gasteiger partial charge is 0.454 e. The van der Waals surface area contributed by atoms with Crippen LogP contribution in [-0.4, -0.2) is 20.0 Å². The van der Waals surface area contributed by atoms with Crippen molar-refractivity contribution < 1.29 is 14.2 Å². The predicted octanol–water partition coefficient (Wildman–Crippen LogP) is 2.92. The molecule has 106 valence electrons. The third-order valence-corrected chi connectivity index (χ3v) is 3.95. The van der Waals surface area contributed by atoms with E-state index < -0.39 is 0 Å². The van der Waals surface area contributed by atoms with Crippen LogP contribution in [0.15, 0.2) is 12.1 Å². The molecule has 1 aromatic rings. The fourth-order valence-corrected chi connectivity index (χ4v) is 2.80. The van der Waals surface area contributed by atoms with Gasteiger partial charge in [0.2, 0.25) is 6.79 Å². The van der Waals surface area contributed by atoms with Gasteiger partial charge in [-0.15, -0.1) is 12.4 Å². The van der Waals surface area contributed by atoms with Gasteiger partial charge in [-0.05, 0) is 30.4 Å². The average molecular weight is 306 g/mol. The Bertz CT molecular complexity index is 450. The van der Waals surface area contributed by atoms with E-state index in [4.69, 9.17) is 31.5 Å². The van der Waals surface area contributed by atoms with Gasteiger partial charge in [-0.1, -0.05) is 11.6 Å². The van der Waals surface area contributed by atoms with Crippen molar-refractivity contribution in [1.29, 1.82) is 0 Å². The van der Waals surface area contributed by atoms with Gasteiger partial charge in [-0.2, -0.15) is 0 Å². The summed E-state index contributed by atoms with van der Waals surface area (Å²) in [5, 5.41) is 0.651. The Morgan fingerprint density at radius 2 is 1.79 bits per heavy atom. The molecule has 0 saturated carbocycles. The molecule has 0 unspecified atom stereocenters. The average Bonchev–Trinajstić information content (AvgIpc) is 2.85. The van der Waals surface area contributed by atoms with Gasteiger partial charge in [0, 0.05) is 30.3 Å². The number of ether oxygens (including phenoxy) is 3. The van der Waals surface area contributed by atoms with Crippen molar-refractivity contribution in [3.63, 3.8) is 0 Å². The van der Waals surface area contributed by atoms with E-state index in [9.17, 15) is 0 Å². The van der Waals surface area contributed by atoms with Gasteiger partial charge < -0.3 is 19.9 Å². The number of benzene rings is 1. The molecule has 0 amide bonds. The summed E-state index contributed by atoms with van der Waals surface area (Å²) >= 11 is 6.28. The smallest absolute Gasteiger partial charge is 0.231 e. The molecule has 2 aliphatic heterocycles. The summed E-state index contributed by atoms with van der Waals surface area (Å²) in [6, 6.07) is 3.62. The van der Waals surface area contributed by atoms with Crippen LogP contribution in [0.1, 0.15) is 24.4 Å². The summed E-state index contributed by atoms with van der Waals surface area (Å²) in [5.41, 5.74) is 7.27. The normalized spacial score (nSPS) is 19.9. The van der Waals surface area contributed by atoms with Gasteiger partial charge in [0.05, 0.1) is 0 Å². The lowest BCUT2D eigenvalue weighted by Crippen LogP contribution is -2.27. The minimum atomic E-state index is -0.0732. The van der Waals surface area contributed by atoms with Gasteiger partial charge in [0.1, 0.15) is 0 Å². The first kappa shape index (κ1) is 14.7. The topological polar surface area (TPSA) is 53.7 Å². The molecule has 2 aliphatic rings. The summed E-state index contributed by atoms with van der Waals surface area (Å²) in [4.78, 5) is 0. The van der Waals surface area contributed by atoms with Crippen LogP contribution in [0.4, 0.5) is 0 Å². The first-order chi connectivity index (χ1) is 8.75. The van der Waals surface area contributed by atoms with E-state index in [-0.39, 0.29) is 25.2 Å². The molecule has 0 bridgehead atoms. The molecule has 2 heterocycles. The van der Waals surface area contributed by atoms with Crippen molar-refractivity contribution in [3.05, 3.63) is 22.7 Å². The molecular weight excluding hydrogens is 289 g/mol. The van der Waals surface area contributed by atoms with Crippen LogP contribution in [0.3, 0.4) is 0 Å². The molecule has 0 aromatic heterocycles. The van der Waals surface area contributed by atoms with Crippen LogP contribution >= 0.6 is 24.0 Å². The maximum Gasteiger partial charge on any atom is 0.231 e. The van der Waals surface area contributed by atoms with Crippen LogP contribution in [0, 0.1) is 5.92 Å². The summed E-state index contributed by atoms with van der Waals surface area (Å²) in [5.74, 6) is 1.84. The monoisotopic (exact) mass is 305 g/mol. The van der Waals surface area contributed by atoms with Gasteiger partial charge in [-0.25, -0.2) is 0 Å². The second kappa shape index (κ2) is 6.18. The Balaban J connectivity index is 0.00000133. The quantitative estimate of drug-likeness (QED) is 0.913. The molecule has 1 saturated heterocycles. The number of fused-ring (bicyclic) bond motifs is 1. The van der Waals surface area contributed by atoms with Crippen LogP contribution in [0.2, 0.25) is 5.02 Å². The Morgan fingerprint density at radius 1 is 1.16 bits per heavy atom. The molecule has 3 rings (SSSR count). The van der Waals surface area contributed by atoms with Crippen molar-refractivity contribution in [2.24, 2.45) is 11.7 Å². The third kappa shape index (κ3) is 2.92. The van der Waals surface area contributed by atoms with E-state index >= 15 is 0 Å². The van der Waals surface area contributed by atoms with E-state index in [1.165, 1.54) is 0 Å². The van der Waals surface area contributed by atoms with E-state index in [0.29, 0.717) is 16.7 Å². The Kier molecular flexibility index (Phi) is 4.79. The van der Waals surface area contributed by atoms with Crippen molar-refractivity contribution in [1.82, 2.24) is 0 Å². The Labute approximate surface area is 123 Å². The molecule has 2 N–H and O–H groups in total. The zero-order valence-electron chi connectivity index (χ0n) is 10.4. The van der Waals surface area contributed by atoms with Crippen LogP contribution < -0.4 is 15.2 Å². The molecule has 4 nitrogen and oxygen atoms in total. The highest BCUT2D eigenvalue weighted by Crippen LogP contribution is 2.41. The molecule has 1 atom stereocenters. The van der Waals surface area contributed by atoms with Crippen molar-refractivity contribution >= 4 is 24.0 Å². The SMILES string of the molecule is Cl.N[C@H](c1cc2c(cc1Cl)OCO2)C1CCOCC1. The summed E-state index contributed by atoms with van der Waals surface area (Å²) in [7, 11) is 0. The number of hydrogen-bond donors (Lipinski definition) is 1. The van der Waals surface area contributed by atoms with Gasteiger partial charge >= 0.3 is 0 Å². The van der Waals surface area contributed by atoms with Crippen LogP contribution in [-0.2, 0) is 4.74 Å². The van der Waals surface area contributed by atoms with Gasteiger partial charge in [-0.3, -0.25) is 0 Å². The zero-order chi connectivity index (χ0) is 12.5. The predicted molar refractivity (Wildman–Crippen MR) is 75.3 cm³/mol. The Morgan fingerprint density at radius 3 is 2.47 bits per heavy atom. The molecule has 6 heteroatoms. The van der Waals surface area contributed by atoms with Crippen molar-refractivity contribution in [2.45, 2.75) is 18.9 Å². The molecule has 0 spiro atoms. The molecular formula is C13H17Cl2NO3. The summed E-state index contributed by atoms with van der Waals surface area (Å²) in [6.45, 7) is 1.81. The molecule has 0 radical (unpaired) electrons. The maximum absolute atomic E-state index is 6.33. The minimum absolute atomic E-state index is 0. The highest BCUT2D eigenvalue weighted by Gasteiger charge is 2.26. The summed E-state index contributed by atoms with van der Waals surface area (Å²) in [6.07, 6.45) is 1.96. The fourth-order valence-electron chi connectivity index (χ4n) is 2.52. The maximum atomic E-state index is 6.33. The van der Waals surface area contributed by atoms with Gasteiger partial charge in [0.15, 0.2) is 11.5 Å². The number of halogens is 2. The Hall–Kier alpha value is -0.680. The van der Waals surface area contributed by atoms with Crippen LogP contribution in [0.5, 0.6) is 11.5 Å². The lowest BCUT2D eigenvalue weighted by molar-refractivity contribution is 0.0583. The van der Waals surface area contributed by atoms with E-state index in [2.05, 4.69) is 0 Å². The molecule has 1 fully saturated rings. The lowest BCUT2D eigenvalue weighted by Gasteiger charge is -2.28. The van der Waals surface area contributed by atoms with E-state index in [1.807, 2.05) is 6.07 Å². The number of hydrogen-bond acceptors (Lipinski definition) is 4. The lowest BCUT2D eigenvalue weighted by atomic mass is 9.87. The van der Waals surface area contributed by atoms with Crippen LogP contribution in [0.25, 0.3) is 0 Å². The van der Waals surface area contributed by atoms with Crippen molar-refractivity contribution in [3.8, 4) is 11.5 Å². The second-order valence-electron chi connectivity index (χ2n) is 4.70. The fraction of sp³-hybridized carbons (Fsp3) is 0.538. The standard InChI is InChI=1S/C13H16ClNO3.ClH/c14-10-6-12-11(17-7-18-12)5-9(10)13(15)8-1-3-16-4-2-8;/h5-6,8,13H,1-4,7,15H2;1H/t13-;/m0./s1. The molecule has 19 heavy (non-hydrogen) atoms. The highest BCUT2D eigenvalue weighted by molar-refractivity contribution is 6.31. The zero-order valence-corrected chi connectivity index (χ0v) is 12.0. The van der Waals surface area contributed by atoms with E-state index in [1.54, 1.807) is 6.07 Å². The number of rotatable bonds is 2. The first-order valence-corrected chi connectivity index (χ1v) is 6.56. The number of nitrogens with two attached hydrogens (primary N) is 1. The summed E-state index contributed by atoms with van der Waals surface area (Å²) < 4.78 is 16.0. The minimum Gasteiger partial charge on any atom is -0.454 e. The second-order valence-corrected chi connectivity index (χ2v) is 5.11. The molecule has 0 aliphatic carbocycles. The third-order valence-electron chi connectivity index (χ3n) is 3.62. The highest BCUT2D eigenvalue weighted by atomic mass is 35.5.